The lowest BCUT2D eigenvalue weighted by molar-refractivity contribution is -0.130. The molecule has 1 amide bonds. The summed E-state index contributed by atoms with van der Waals surface area (Å²) < 4.78 is 0. The van der Waals surface area contributed by atoms with Crippen molar-refractivity contribution in [3.8, 4) is 0 Å². The van der Waals surface area contributed by atoms with Gasteiger partial charge in [-0.05, 0) is 30.0 Å². The molecule has 1 fully saturated rings. The molecule has 1 unspecified atom stereocenters. The number of aliphatic imine (C=N–C) groups is 1. The number of hydrogen-bond acceptors (Lipinski definition) is 3. The van der Waals surface area contributed by atoms with Crippen molar-refractivity contribution in [2.75, 3.05) is 39.5 Å². The molecule has 31 heavy (non-hydrogen) atoms. The van der Waals surface area contributed by atoms with E-state index in [1.54, 1.807) is 4.90 Å². The number of halogens is 1. The van der Waals surface area contributed by atoms with E-state index in [0.717, 1.165) is 30.4 Å². The first-order valence-electron chi connectivity index (χ1n) is 10.6. The van der Waals surface area contributed by atoms with Crippen LogP contribution in [0.1, 0.15) is 18.4 Å². The number of guanidine groups is 1. The summed E-state index contributed by atoms with van der Waals surface area (Å²) in [4.78, 5) is 22.3. The molecule has 3 rings (SSSR count). The molecule has 2 aromatic carbocycles. The first kappa shape index (κ1) is 25.5. The van der Waals surface area contributed by atoms with Crippen LogP contribution in [-0.4, -0.2) is 61.1 Å². The predicted molar refractivity (Wildman–Crippen MR) is 141 cm³/mol. The number of carbonyl (C=O) groups excluding carboxylic acids is 1. The van der Waals surface area contributed by atoms with Gasteiger partial charge in [-0.3, -0.25) is 9.79 Å². The lowest BCUT2D eigenvalue weighted by Gasteiger charge is -2.22. The average molecular weight is 553 g/mol. The average Bonchev–Trinajstić information content (AvgIpc) is 3.25. The van der Waals surface area contributed by atoms with E-state index in [0.29, 0.717) is 25.4 Å². The molecule has 1 N–H and O–H groups in total. The van der Waals surface area contributed by atoms with Crippen LogP contribution in [0, 0.1) is 5.92 Å². The van der Waals surface area contributed by atoms with Crippen molar-refractivity contribution in [1.29, 1.82) is 0 Å². The number of carbonyl (C=O) groups is 1. The number of hydrogen-bond donors (Lipinski definition) is 1. The fourth-order valence-electron chi connectivity index (χ4n) is 3.64. The first-order chi connectivity index (χ1) is 14.7. The molecule has 0 aromatic heterocycles. The largest absolute Gasteiger partial charge is 0.356 e. The minimum atomic E-state index is 0. The van der Waals surface area contributed by atoms with Gasteiger partial charge in [0.25, 0.3) is 0 Å². The van der Waals surface area contributed by atoms with Gasteiger partial charge in [-0.2, -0.15) is 0 Å². The predicted octanol–water partition coefficient (Wildman–Crippen LogP) is 4.34. The molecule has 1 aliphatic rings. The third kappa shape index (κ3) is 8.37. The Morgan fingerprint density at radius 3 is 2.52 bits per heavy atom. The monoisotopic (exact) mass is 552 g/mol. The summed E-state index contributed by atoms with van der Waals surface area (Å²) in [6, 6.07) is 20.7. The summed E-state index contributed by atoms with van der Waals surface area (Å²) in [5, 5.41) is 3.38. The number of rotatable bonds is 8. The summed E-state index contributed by atoms with van der Waals surface area (Å²) in [6.45, 7) is 3.27. The summed E-state index contributed by atoms with van der Waals surface area (Å²) >= 11 is 1.93. The first-order valence-corrected chi connectivity index (χ1v) is 11.6. The second-order valence-electron chi connectivity index (χ2n) is 7.68. The van der Waals surface area contributed by atoms with E-state index < -0.39 is 0 Å². The molecule has 5 nitrogen and oxygen atoms in total. The highest BCUT2D eigenvalue weighted by Crippen LogP contribution is 2.25. The van der Waals surface area contributed by atoms with Gasteiger partial charge in [-0.25, -0.2) is 0 Å². The van der Waals surface area contributed by atoms with Crippen molar-refractivity contribution in [3.05, 3.63) is 66.2 Å². The highest BCUT2D eigenvalue weighted by Gasteiger charge is 2.25. The molecule has 1 aliphatic heterocycles. The Morgan fingerprint density at radius 2 is 1.84 bits per heavy atom. The Balaban J connectivity index is 0.00000341. The third-order valence-electron chi connectivity index (χ3n) is 5.34. The molecular weight excluding hydrogens is 519 g/mol. The summed E-state index contributed by atoms with van der Waals surface area (Å²) in [7, 11) is 3.68. The molecule has 1 atom stereocenters. The molecule has 0 bridgehead atoms. The van der Waals surface area contributed by atoms with Crippen molar-refractivity contribution in [3.63, 3.8) is 0 Å². The van der Waals surface area contributed by atoms with Gasteiger partial charge < -0.3 is 15.1 Å². The Hall–Kier alpha value is -1.74. The lowest BCUT2D eigenvalue weighted by Crippen LogP contribution is -2.41. The standard InChI is InChI=1S/C24H32N4OS.HI/c1-25-24(26-15-13-23(29)27(2)17-20-9-5-3-6-10-20)28-16-14-21(18-28)19-30-22-11-7-4-8-12-22;/h3-12,21H,13-19H2,1-2H3,(H,25,26);1H. The lowest BCUT2D eigenvalue weighted by atomic mass is 10.2. The Labute approximate surface area is 207 Å². The van der Waals surface area contributed by atoms with Crippen LogP contribution < -0.4 is 5.32 Å². The third-order valence-corrected chi connectivity index (χ3v) is 6.58. The van der Waals surface area contributed by atoms with Crippen LogP contribution in [0.4, 0.5) is 0 Å². The topological polar surface area (TPSA) is 47.9 Å². The van der Waals surface area contributed by atoms with Gasteiger partial charge in [0.15, 0.2) is 5.96 Å². The Kier molecular flexibility index (Phi) is 11.2. The van der Waals surface area contributed by atoms with Crippen molar-refractivity contribution in [2.24, 2.45) is 10.9 Å². The molecule has 168 valence electrons. The number of benzene rings is 2. The van der Waals surface area contributed by atoms with E-state index in [9.17, 15) is 4.79 Å². The van der Waals surface area contributed by atoms with Gasteiger partial charge >= 0.3 is 0 Å². The number of nitrogens with zero attached hydrogens (tertiary/aromatic N) is 3. The van der Waals surface area contributed by atoms with E-state index >= 15 is 0 Å². The van der Waals surface area contributed by atoms with Crippen molar-refractivity contribution >= 4 is 47.6 Å². The van der Waals surface area contributed by atoms with Crippen LogP contribution in [0.25, 0.3) is 0 Å². The van der Waals surface area contributed by atoms with Crippen LogP contribution in [0.5, 0.6) is 0 Å². The maximum Gasteiger partial charge on any atom is 0.224 e. The van der Waals surface area contributed by atoms with E-state index in [4.69, 9.17) is 0 Å². The second kappa shape index (κ2) is 13.6. The van der Waals surface area contributed by atoms with Crippen LogP contribution in [0.2, 0.25) is 0 Å². The second-order valence-corrected chi connectivity index (χ2v) is 8.78. The zero-order chi connectivity index (χ0) is 21.2. The van der Waals surface area contributed by atoms with Crippen LogP contribution in [0.3, 0.4) is 0 Å². The van der Waals surface area contributed by atoms with E-state index in [-0.39, 0.29) is 29.9 Å². The smallest absolute Gasteiger partial charge is 0.224 e. The molecule has 0 spiro atoms. The molecule has 0 radical (unpaired) electrons. The fourth-order valence-corrected chi connectivity index (χ4v) is 4.69. The number of thioether (sulfide) groups is 1. The Morgan fingerprint density at radius 1 is 1.16 bits per heavy atom. The van der Waals surface area contributed by atoms with E-state index in [1.807, 2.05) is 56.2 Å². The minimum Gasteiger partial charge on any atom is -0.356 e. The molecule has 0 saturated carbocycles. The number of amides is 1. The zero-order valence-electron chi connectivity index (χ0n) is 18.4. The van der Waals surface area contributed by atoms with E-state index in [2.05, 4.69) is 45.5 Å². The Bertz CT molecular complexity index is 819. The van der Waals surface area contributed by atoms with Crippen molar-refractivity contribution in [2.45, 2.75) is 24.3 Å². The van der Waals surface area contributed by atoms with Crippen molar-refractivity contribution < 1.29 is 4.79 Å². The van der Waals surface area contributed by atoms with Crippen molar-refractivity contribution in [1.82, 2.24) is 15.1 Å². The van der Waals surface area contributed by atoms with Gasteiger partial charge in [0, 0.05) is 57.3 Å². The van der Waals surface area contributed by atoms with Crippen LogP contribution in [0.15, 0.2) is 70.6 Å². The molecule has 0 aliphatic carbocycles. The molecular formula is C24H33IN4OS. The highest BCUT2D eigenvalue weighted by atomic mass is 127. The number of nitrogens with one attached hydrogen (secondary N) is 1. The highest BCUT2D eigenvalue weighted by molar-refractivity contribution is 14.0. The van der Waals surface area contributed by atoms with Gasteiger partial charge in [0.1, 0.15) is 0 Å². The van der Waals surface area contributed by atoms with Gasteiger partial charge in [0.2, 0.25) is 5.91 Å². The van der Waals surface area contributed by atoms with Gasteiger partial charge in [0.05, 0.1) is 0 Å². The maximum atomic E-state index is 12.4. The van der Waals surface area contributed by atoms with Gasteiger partial charge in [-0.15, -0.1) is 35.7 Å². The fraction of sp³-hybridized carbons (Fsp3) is 0.417. The zero-order valence-corrected chi connectivity index (χ0v) is 21.5. The molecule has 1 heterocycles. The number of likely N-dealkylation sites (tertiary alicyclic amines) is 1. The quantitative estimate of drug-likeness (QED) is 0.229. The normalized spacial score (nSPS) is 16.0. The summed E-state index contributed by atoms with van der Waals surface area (Å²) in [5.74, 6) is 2.83. The summed E-state index contributed by atoms with van der Waals surface area (Å²) in [5.41, 5.74) is 1.15. The molecule has 2 aromatic rings. The van der Waals surface area contributed by atoms with E-state index in [1.165, 1.54) is 11.3 Å². The van der Waals surface area contributed by atoms with Crippen LogP contribution >= 0.6 is 35.7 Å². The molecule has 7 heteroatoms. The van der Waals surface area contributed by atoms with Gasteiger partial charge in [-0.1, -0.05) is 48.5 Å². The maximum absolute atomic E-state index is 12.4. The van der Waals surface area contributed by atoms with Crippen LogP contribution in [-0.2, 0) is 11.3 Å². The SMILES string of the molecule is CN=C(NCCC(=O)N(C)Cc1ccccc1)N1CCC(CSc2ccccc2)C1.I. The molecule has 1 saturated heterocycles. The summed E-state index contributed by atoms with van der Waals surface area (Å²) in [6.07, 6.45) is 1.64. The minimum absolute atomic E-state index is 0.